The number of hydrogen-bond donors (Lipinski definition) is 2. The number of hydrogen-bond acceptors (Lipinski definition) is 5. The lowest BCUT2D eigenvalue weighted by Crippen LogP contribution is -2.36. The summed E-state index contributed by atoms with van der Waals surface area (Å²) in [5, 5.41) is 3.96. The summed E-state index contributed by atoms with van der Waals surface area (Å²) >= 11 is 7.33. The van der Waals surface area contributed by atoms with Gasteiger partial charge in [-0.25, -0.2) is 4.98 Å². The summed E-state index contributed by atoms with van der Waals surface area (Å²) in [6.45, 7) is 5.06. The van der Waals surface area contributed by atoms with Crippen LogP contribution in [0.2, 0.25) is 5.02 Å². The molecule has 2 aromatic rings. The van der Waals surface area contributed by atoms with Gasteiger partial charge in [0.15, 0.2) is 5.16 Å². The molecule has 27 heavy (non-hydrogen) atoms. The molecule has 0 bridgehead atoms. The first-order valence-electron chi connectivity index (χ1n) is 9.04. The highest BCUT2D eigenvalue weighted by Crippen LogP contribution is 2.18. The number of aromatic amines is 1. The standard InChI is InChI=1S/C19H23ClN4O2S/c1-2-8-24-9-7-16-14(11-24)18(26)23-19(22-16)27-12-17(25)21-10-13-5-3-4-6-15(13)20/h3-6H,2,7-12H2,1H3,(H,21,25)(H,22,23,26). The van der Waals surface area contributed by atoms with Crippen molar-refractivity contribution in [2.45, 2.75) is 38.0 Å². The molecule has 8 heteroatoms. The maximum absolute atomic E-state index is 12.4. The summed E-state index contributed by atoms with van der Waals surface area (Å²) in [7, 11) is 0. The summed E-state index contributed by atoms with van der Waals surface area (Å²) in [5.41, 5.74) is 2.38. The summed E-state index contributed by atoms with van der Waals surface area (Å²) in [6.07, 6.45) is 1.84. The van der Waals surface area contributed by atoms with Crippen LogP contribution >= 0.6 is 23.4 Å². The van der Waals surface area contributed by atoms with Crippen molar-refractivity contribution >= 4 is 29.3 Å². The Kier molecular flexibility index (Phi) is 6.93. The van der Waals surface area contributed by atoms with Crippen LogP contribution in [0.15, 0.2) is 34.2 Å². The van der Waals surface area contributed by atoms with Crippen LogP contribution in [0.5, 0.6) is 0 Å². The van der Waals surface area contributed by atoms with Gasteiger partial charge in [0.25, 0.3) is 5.56 Å². The molecule has 0 spiro atoms. The van der Waals surface area contributed by atoms with Crippen molar-refractivity contribution in [3.63, 3.8) is 0 Å². The van der Waals surface area contributed by atoms with Gasteiger partial charge in [-0.1, -0.05) is 48.5 Å². The Morgan fingerprint density at radius 3 is 3.00 bits per heavy atom. The van der Waals surface area contributed by atoms with Crippen molar-refractivity contribution < 1.29 is 4.79 Å². The Morgan fingerprint density at radius 1 is 1.41 bits per heavy atom. The van der Waals surface area contributed by atoms with Gasteiger partial charge in [-0.05, 0) is 24.6 Å². The van der Waals surface area contributed by atoms with Gasteiger partial charge >= 0.3 is 0 Å². The van der Waals surface area contributed by atoms with Crippen molar-refractivity contribution in [3.8, 4) is 0 Å². The van der Waals surface area contributed by atoms with E-state index in [1.807, 2.05) is 18.2 Å². The molecule has 1 aliphatic heterocycles. The molecule has 0 fully saturated rings. The zero-order valence-electron chi connectivity index (χ0n) is 15.3. The lowest BCUT2D eigenvalue weighted by Gasteiger charge is -2.27. The van der Waals surface area contributed by atoms with E-state index in [2.05, 4.69) is 27.1 Å². The molecule has 0 saturated heterocycles. The highest BCUT2D eigenvalue weighted by atomic mass is 35.5. The van der Waals surface area contributed by atoms with E-state index in [0.29, 0.717) is 23.3 Å². The van der Waals surface area contributed by atoms with Crippen molar-refractivity contribution in [2.24, 2.45) is 0 Å². The van der Waals surface area contributed by atoms with Gasteiger partial charge in [-0.2, -0.15) is 0 Å². The fraction of sp³-hybridized carbons (Fsp3) is 0.421. The highest BCUT2D eigenvalue weighted by Gasteiger charge is 2.20. The minimum Gasteiger partial charge on any atom is -0.351 e. The number of rotatable bonds is 7. The molecule has 1 amide bonds. The summed E-state index contributed by atoms with van der Waals surface area (Å²) in [5.74, 6) is 0.0585. The molecule has 1 aromatic carbocycles. The normalized spacial score (nSPS) is 14.0. The van der Waals surface area contributed by atoms with Crippen LogP contribution in [0.3, 0.4) is 0 Å². The zero-order valence-corrected chi connectivity index (χ0v) is 16.8. The van der Waals surface area contributed by atoms with Gasteiger partial charge in [0.05, 0.1) is 17.0 Å². The predicted molar refractivity (Wildman–Crippen MR) is 108 cm³/mol. The maximum atomic E-state index is 12.4. The van der Waals surface area contributed by atoms with Crippen LogP contribution in [0.4, 0.5) is 0 Å². The number of benzene rings is 1. The predicted octanol–water partition coefficient (Wildman–Crippen LogP) is 2.60. The monoisotopic (exact) mass is 406 g/mol. The van der Waals surface area contributed by atoms with E-state index in [1.54, 1.807) is 6.07 Å². The Hall–Kier alpha value is -1.83. The van der Waals surface area contributed by atoms with Crippen LogP contribution in [0.25, 0.3) is 0 Å². The van der Waals surface area contributed by atoms with E-state index in [1.165, 1.54) is 11.8 Å². The Bertz CT molecular complexity index is 871. The van der Waals surface area contributed by atoms with Gasteiger partial charge in [-0.15, -0.1) is 0 Å². The first-order valence-corrected chi connectivity index (χ1v) is 10.4. The summed E-state index contributed by atoms with van der Waals surface area (Å²) in [4.78, 5) is 34.1. The number of amides is 1. The Labute approximate surface area is 167 Å². The van der Waals surface area contributed by atoms with Gasteiger partial charge in [0.1, 0.15) is 0 Å². The van der Waals surface area contributed by atoms with Gasteiger partial charge in [0, 0.05) is 31.1 Å². The van der Waals surface area contributed by atoms with E-state index in [-0.39, 0.29) is 17.2 Å². The van der Waals surface area contributed by atoms with E-state index in [4.69, 9.17) is 11.6 Å². The molecule has 0 saturated carbocycles. The largest absolute Gasteiger partial charge is 0.351 e. The fourth-order valence-corrected chi connectivity index (χ4v) is 3.97. The number of carbonyl (C=O) groups is 1. The van der Waals surface area contributed by atoms with Crippen molar-refractivity contribution in [1.82, 2.24) is 20.2 Å². The number of fused-ring (bicyclic) bond motifs is 1. The average molecular weight is 407 g/mol. The fourth-order valence-electron chi connectivity index (χ4n) is 3.05. The average Bonchev–Trinajstić information content (AvgIpc) is 2.66. The zero-order chi connectivity index (χ0) is 19.2. The van der Waals surface area contributed by atoms with Gasteiger partial charge in [0.2, 0.25) is 5.91 Å². The van der Waals surface area contributed by atoms with Gasteiger partial charge in [-0.3, -0.25) is 14.5 Å². The third-order valence-corrected chi connectivity index (χ3v) is 5.68. The number of thioether (sulfide) groups is 1. The second-order valence-electron chi connectivity index (χ2n) is 6.48. The number of halogens is 1. The van der Waals surface area contributed by atoms with E-state index in [0.717, 1.165) is 42.8 Å². The second kappa shape index (κ2) is 9.39. The van der Waals surface area contributed by atoms with Crippen molar-refractivity contribution in [3.05, 3.63) is 56.5 Å². The third kappa shape index (κ3) is 5.34. The molecule has 144 valence electrons. The van der Waals surface area contributed by atoms with Crippen LogP contribution in [0.1, 0.15) is 30.2 Å². The first-order chi connectivity index (χ1) is 13.1. The molecular weight excluding hydrogens is 384 g/mol. The Morgan fingerprint density at radius 2 is 2.22 bits per heavy atom. The second-order valence-corrected chi connectivity index (χ2v) is 7.85. The summed E-state index contributed by atoms with van der Waals surface area (Å²) in [6, 6.07) is 7.40. The van der Waals surface area contributed by atoms with Crippen molar-refractivity contribution in [1.29, 1.82) is 0 Å². The van der Waals surface area contributed by atoms with Crippen LogP contribution in [0, 0.1) is 0 Å². The van der Waals surface area contributed by atoms with Crippen molar-refractivity contribution in [2.75, 3.05) is 18.8 Å². The lowest BCUT2D eigenvalue weighted by molar-refractivity contribution is -0.118. The Balaban J connectivity index is 1.55. The van der Waals surface area contributed by atoms with Crippen LogP contribution in [-0.2, 0) is 24.3 Å². The number of nitrogens with zero attached hydrogens (tertiary/aromatic N) is 2. The maximum Gasteiger partial charge on any atom is 0.256 e. The third-order valence-electron chi connectivity index (χ3n) is 4.44. The molecule has 3 rings (SSSR count). The number of H-pyrrole nitrogens is 1. The smallest absolute Gasteiger partial charge is 0.256 e. The lowest BCUT2D eigenvalue weighted by atomic mass is 10.1. The number of nitrogens with one attached hydrogen (secondary N) is 2. The number of carbonyl (C=O) groups excluding carboxylic acids is 1. The first kappa shape index (κ1) is 19.9. The minimum absolute atomic E-state index is 0.0974. The molecule has 1 aromatic heterocycles. The quantitative estimate of drug-likeness (QED) is 0.546. The van der Waals surface area contributed by atoms with E-state index >= 15 is 0 Å². The molecule has 1 aliphatic rings. The van der Waals surface area contributed by atoms with E-state index in [9.17, 15) is 9.59 Å². The minimum atomic E-state index is -0.130. The van der Waals surface area contributed by atoms with E-state index < -0.39 is 0 Å². The molecule has 0 unspecified atom stereocenters. The highest BCUT2D eigenvalue weighted by molar-refractivity contribution is 7.99. The molecule has 2 N–H and O–H groups in total. The molecule has 0 radical (unpaired) electrons. The molecular formula is C19H23ClN4O2S. The molecule has 2 heterocycles. The SMILES string of the molecule is CCCN1CCc2nc(SCC(=O)NCc3ccccc3Cl)[nH]c(=O)c2C1. The number of aromatic nitrogens is 2. The molecule has 0 atom stereocenters. The topological polar surface area (TPSA) is 78.1 Å². The van der Waals surface area contributed by atoms with Gasteiger partial charge < -0.3 is 10.3 Å². The van der Waals surface area contributed by atoms with Crippen LogP contribution in [-0.4, -0.2) is 39.6 Å². The molecule has 6 nitrogen and oxygen atoms in total. The summed E-state index contributed by atoms with van der Waals surface area (Å²) < 4.78 is 0. The van der Waals surface area contributed by atoms with Crippen LogP contribution < -0.4 is 10.9 Å². The molecule has 0 aliphatic carbocycles.